The average molecular weight is 213 g/mol. The quantitative estimate of drug-likeness (QED) is 0.425. The lowest BCUT2D eigenvalue weighted by atomic mass is 10.3. The topological polar surface area (TPSA) is 44.4 Å². The number of hydrogen-bond donors (Lipinski definition) is 2. The van der Waals surface area contributed by atoms with Crippen molar-refractivity contribution in [3.63, 3.8) is 0 Å². The molecule has 0 spiro atoms. The Labute approximate surface area is 92.7 Å². The summed E-state index contributed by atoms with van der Waals surface area (Å²) in [4.78, 5) is 13.4. The summed E-state index contributed by atoms with van der Waals surface area (Å²) in [5.74, 6) is 0.116. The second-order valence-corrected chi connectivity index (χ2v) is 3.75. The van der Waals surface area contributed by atoms with E-state index in [0.29, 0.717) is 13.0 Å². The third-order valence-electron chi connectivity index (χ3n) is 1.92. The van der Waals surface area contributed by atoms with Crippen molar-refractivity contribution in [3.8, 4) is 0 Å². The number of amides is 1. The minimum atomic E-state index is 0.116. The molecule has 2 N–H and O–H groups in total. The van der Waals surface area contributed by atoms with E-state index in [2.05, 4.69) is 22.1 Å². The smallest absolute Gasteiger partial charge is 0.221 e. The van der Waals surface area contributed by atoms with Gasteiger partial charge in [-0.15, -0.1) is 6.58 Å². The molecule has 0 aromatic rings. The van der Waals surface area contributed by atoms with E-state index in [1.54, 1.807) is 6.08 Å². The Morgan fingerprint density at radius 1 is 1.40 bits per heavy atom. The van der Waals surface area contributed by atoms with Gasteiger partial charge in [-0.05, 0) is 27.1 Å². The van der Waals surface area contributed by atoms with Crippen molar-refractivity contribution in [2.24, 2.45) is 0 Å². The summed E-state index contributed by atoms with van der Waals surface area (Å²) in [5.41, 5.74) is 0. The number of hydrogen-bond acceptors (Lipinski definition) is 3. The predicted molar refractivity (Wildman–Crippen MR) is 63.9 cm³/mol. The van der Waals surface area contributed by atoms with Gasteiger partial charge in [-0.2, -0.15) is 0 Å². The normalized spacial score (nSPS) is 10.3. The van der Waals surface area contributed by atoms with Gasteiger partial charge in [-0.1, -0.05) is 6.08 Å². The Morgan fingerprint density at radius 3 is 2.73 bits per heavy atom. The molecule has 0 aliphatic heterocycles. The Balaban J connectivity index is 3.22. The molecule has 0 saturated heterocycles. The van der Waals surface area contributed by atoms with Crippen molar-refractivity contribution in [2.45, 2.75) is 12.8 Å². The van der Waals surface area contributed by atoms with Gasteiger partial charge in [0.05, 0.1) is 0 Å². The summed E-state index contributed by atoms with van der Waals surface area (Å²) >= 11 is 0. The van der Waals surface area contributed by atoms with Crippen LogP contribution in [0.2, 0.25) is 0 Å². The van der Waals surface area contributed by atoms with Gasteiger partial charge in [0, 0.05) is 26.1 Å². The Kier molecular flexibility index (Phi) is 9.11. The summed E-state index contributed by atoms with van der Waals surface area (Å²) in [5, 5.41) is 5.97. The van der Waals surface area contributed by atoms with Crippen LogP contribution in [0.4, 0.5) is 0 Å². The van der Waals surface area contributed by atoms with Gasteiger partial charge in [0.2, 0.25) is 5.91 Å². The van der Waals surface area contributed by atoms with Crippen LogP contribution in [0.5, 0.6) is 0 Å². The van der Waals surface area contributed by atoms with Crippen LogP contribution in [-0.4, -0.2) is 51.1 Å². The zero-order valence-corrected chi connectivity index (χ0v) is 9.88. The fraction of sp³-hybridized carbons (Fsp3) is 0.727. The molecule has 0 aromatic heterocycles. The van der Waals surface area contributed by atoms with E-state index in [9.17, 15) is 4.79 Å². The molecule has 0 rings (SSSR count). The molecule has 0 bridgehead atoms. The summed E-state index contributed by atoms with van der Waals surface area (Å²) in [7, 11) is 4.06. The molecule has 15 heavy (non-hydrogen) atoms. The molecule has 4 nitrogen and oxygen atoms in total. The SMILES string of the molecule is C=CCNCCC(=O)NCCCN(C)C. The van der Waals surface area contributed by atoms with Crippen LogP contribution in [0, 0.1) is 0 Å². The highest BCUT2D eigenvalue weighted by atomic mass is 16.1. The van der Waals surface area contributed by atoms with Crippen molar-refractivity contribution in [2.75, 3.05) is 40.3 Å². The van der Waals surface area contributed by atoms with E-state index in [4.69, 9.17) is 0 Å². The predicted octanol–water partition coefficient (Wildman–Crippen LogP) is 0.220. The summed E-state index contributed by atoms with van der Waals surface area (Å²) in [6.07, 6.45) is 3.32. The molecule has 0 radical (unpaired) electrons. The van der Waals surface area contributed by atoms with E-state index in [-0.39, 0.29) is 5.91 Å². The number of rotatable bonds is 9. The first kappa shape index (κ1) is 14.1. The zero-order chi connectivity index (χ0) is 11.5. The highest BCUT2D eigenvalue weighted by molar-refractivity contribution is 5.75. The van der Waals surface area contributed by atoms with E-state index >= 15 is 0 Å². The summed E-state index contributed by atoms with van der Waals surface area (Å²) in [6.45, 7) is 6.83. The lowest BCUT2D eigenvalue weighted by Crippen LogP contribution is -2.29. The Morgan fingerprint density at radius 2 is 2.13 bits per heavy atom. The third kappa shape index (κ3) is 11.1. The van der Waals surface area contributed by atoms with Crippen molar-refractivity contribution < 1.29 is 4.79 Å². The van der Waals surface area contributed by atoms with Gasteiger partial charge < -0.3 is 15.5 Å². The largest absolute Gasteiger partial charge is 0.356 e. The van der Waals surface area contributed by atoms with Crippen molar-refractivity contribution in [1.29, 1.82) is 0 Å². The Bertz CT molecular complexity index is 181. The second-order valence-electron chi connectivity index (χ2n) is 3.75. The molecule has 0 fully saturated rings. The first-order valence-corrected chi connectivity index (χ1v) is 5.40. The van der Waals surface area contributed by atoms with E-state index in [1.165, 1.54) is 0 Å². The highest BCUT2D eigenvalue weighted by Gasteiger charge is 1.99. The number of nitrogens with zero attached hydrogens (tertiary/aromatic N) is 1. The molecule has 0 atom stereocenters. The Hall–Kier alpha value is -0.870. The maximum atomic E-state index is 11.3. The molecular formula is C11H23N3O. The van der Waals surface area contributed by atoms with Gasteiger partial charge in [0.15, 0.2) is 0 Å². The van der Waals surface area contributed by atoms with Gasteiger partial charge in [0.1, 0.15) is 0 Å². The third-order valence-corrected chi connectivity index (χ3v) is 1.92. The molecular weight excluding hydrogens is 190 g/mol. The van der Waals surface area contributed by atoms with Crippen LogP contribution in [0.25, 0.3) is 0 Å². The number of carbonyl (C=O) groups excluding carboxylic acids is 1. The monoisotopic (exact) mass is 213 g/mol. The minimum absolute atomic E-state index is 0.116. The summed E-state index contributed by atoms with van der Waals surface area (Å²) in [6, 6.07) is 0. The number of carbonyl (C=O) groups is 1. The fourth-order valence-corrected chi connectivity index (χ4v) is 1.12. The molecule has 0 saturated carbocycles. The van der Waals surface area contributed by atoms with Crippen LogP contribution >= 0.6 is 0 Å². The molecule has 88 valence electrons. The first-order chi connectivity index (χ1) is 7.16. The van der Waals surface area contributed by atoms with E-state index in [0.717, 1.165) is 26.1 Å². The second kappa shape index (κ2) is 9.68. The molecule has 4 heteroatoms. The molecule has 0 aliphatic rings. The van der Waals surface area contributed by atoms with Gasteiger partial charge in [-0.3, -0.25) is 4.79 Å². The minimum Gasteiger partial charge on any atom is -0.356 e. The van der Waals surface area contributed by atoms with Gasteiger partial charge >= 0.3 is 0 Å². The highest BCUT2D eigenvalue weighted by Crippen LogP contribution is 1.82. The van der Waals surface area contributed by atoms with Crippen molar-refractivity contribution in [1.82, 2.24) is 15.5 Å². The van der Waals surface area contributed by atoms with Crippen molar-refractivity contribution in [3.05, 3.63) is 12.7 Å². The molecule has 0 heterocycles. The van der Waals surface area contributed by atoms with E-state index in [1.807, 2.05) is 14.1 Å². The fourth-order valence-electron chi connectivity index (χ4n) is 1.12. The maximum absolute atomic E-state index is 11.3. The molecule has 1 amide bonds. The van der Waals surface area contributed by atoms with Crippen LogP contribution in [0.15, 0.2) is 12.7 Å². The standard InChI is InChI=1S/C11H23N3O/c1-4-7-12-9-6-11(15)13-8-5-10-14(2)3/h4,12H,1,5-10H2,2-3H3,(H,13,15). The zero-order valence-electron chi connectivity index (χ0n) is 9.88. The lowest BCUT2D eigenvalue weighted by Gasteiger charge is -2.09. The van der Waals surface area contributed by atoms with Crippen LogP contribution in [0.3, 0.4) is 0 Å². The van der Waals surface area contributed by atoms with Crippen LogP contribution in [-0.2, 0) is 4.79 Å². The molecule has 0 aliphatic carbocycles. The van der Waals surface area contributed by atoms with Crippen molar-refractivity contribution >= 4 is 5.91 Å². The van der Waals surface area contributed by atoms with Crippen LogP contribution in [0.1, 0.15) is 12.8 Å². The van der Waals surface area contributed by atoms with Gasteiger partial charge in [-0.25, -0.2) is 0 Å². The van der Waals surface area contributed by atoms with Gasteiger partial charge in [0.25, 0.3) is 0 Å². The van der Waals surface area contributed by atoms with E-state index < -0.39 is 0 Å². The molecule has 0 unspecified atom stereocenters. The first-order valence-electron chi connectivity index (χ1n) is 5.40. The molecule has 0 aromatic carbocycles. The average Bonchev–Trinajstić information content (AvgIpc) is 2.19. The van der Waals surface area contributed by atoms with Crippen LogP contribution < -0.4 is 10.6 Å². The maximum Gasteiger partial charge on any atom is 0.221 e. The lowest BCUT2D eigenvalue weighted by molar-refractivity contribution is -0.121. The summed E-state index contributed by atoms with van der Waals surface area (Å²) < 4.78 is 0. The number of nitrogens with one attached hydrogen (secondary N) is 2.